The van der Waals surface area contributed by atoms with E-state index in [0.29, 0.717) is 0 Å². The van der Waals surface area contributed by atoms with E-state index in [4.69, 9.17) is 20.0 Å². The first-order chi connectivity index (χ1) is 5.36. The van der Waals surface area contributed by atoms with Crippen LogP contribution in [0.1, 0.15) is 12.8 Å². The maximum Gasteiger partial charge on any atom is 0.303 e. The molecule has 7 nitrogen and oxygen atoms in total. The zero-order valence-corrected chi connectivity index (χ0v) is 6.94. The van der Waals surface area contributed by atoms with Gasteiger partial charge in [-0.1, -0.05) is 0 Å². The van der Waals surface area contributed by atoms with Crippen molar-refractivity contribution in [2.75, 3.05) is 0 Å². The number of rotatable bonds is 3. The molecule has 0 atom stereocenters. The molecule has 0 rings (SSSR count). The molecule has 0 saturated carbocycles. The third-order valence-electron chi connectivity index (χ3n) is 0.553. The van der Waals surface area contributed by atoms with Crippen LogP contribution in [-0.4, -0.2) is 31.9 Å². The molecule has 0 heterocycles. The van der Waals surface area contributed by atoms with Gasteiger partial charge in [0.15, 0.2) is 0 Å². The van der Waals surface area contributed by atoms with Gasteiger partial charge >= 0.3 is 11.9 Å². The summed E-state index contributed by atoms with van der Waals surface area (Å²) in [6.07, 6.45) is -0.593. The number of aliphatic carboxylic acids is 2. The Labute approximate surface area is 69.4 Å². The van der Waals surface area contributed by atoms with Gasteiger partial charge in [-0.2, -0.15) is 0 Å². The van der Waals surface area contributed by atoms with E-state index < -0.39 is 20.5 Å². The average molecular weight is 199 g/mol. The van der Waals surface area contributed by atoms with Crippen molar-refractivity contribution in [2.24, 2.45) is 5.50 Å². The van der Waals surface area contributed by atoms with Crippen LogP contribution in [0.2, 0.25) is 0 Å². The minimum atomic E-state index is -2.12. The van der Waals surface area contributed by atoms with E-state index in [0.717, 1.165) is 0 Å². The molecule has 0 bridgehead atoms. The first-order valence-electron chi connectivity index (χ1n) is 2.72. The molecule has 12 heavy (non-hydrogen) atoms. The molecule has 0 saturated heterocycles. The highest BCUT2D eigenvalue weighted by atomic mass is 31.2. The lowest BCUT2D eigenvalue weighted by molar-refractivity contribution is -0.143. The Kier molecular flexibility index (Phi) is 9.61. The van der Waals surface area contributed by atoms with E-state index in [1.165, 1.54) is 0 Å². The Morgan fingerprint density at radius 1 is 1.08 bits per heavy atom. The molecule has 0 aromatic rings. The number of carboxylic acid groups (broad SMARTS) is 2. The fraction of sp³-hybridized carbons (Fsp3) is 0.500. The highest BCUT2D eigenvalue weighted by Gasteiger charge is 2.00. The van der Waals surface area contributed by atoms with E-state index in [2.05, 4.69) is 5.50 Å². The Bertz CT molecular complexity index is 132. The van der Waals surface area contributed by atoms with Crippen LogP contribution in [0.25, 0.3) is 0 Å². The predicted octanol–water partition coefficient (Wildman–Crippen LogP) is -0.908. The summed E-state index contributed by atoms with van der Waals surface area (Å²) >= 11 is 0. The number of hydrogen-bond acceptors (Lipinski definition) is 5. The lowest BCUT2D eigenvalue weighted by Gasteiger charge is -1.85. The van der Waals surface area contributed by atoms with E-state index in [1.54, 1.807) is 0 Å². The summed E-state index contributed by atoms with van der Waals surface area (Å²) in [6.45, 7) is 0. The van der Waals surface area contributed by atoms with E-state index in [-0.39, 0.29) is 12.8 Å². The minimum absolute atomic E-state index is 0.296. The fourth-order valence-electron chi connectivity index (χ4n) is 0.214. The molecule has 0 aliphatic rings. The molecule has 0 aliphatic carbocycles. The molecule has 0 unspecified atom stereocenters. The standard InChI is InChI=1S/C4H6O4.H4NO2P/c5-3(6)1-2-4(7)8;1-4(2)3/h1-2H2,(H,5,6)(H,7,8);2-3H,1H2. The van der Waals surface area contributed by atoms with Crippen LogP contribution in [0, 0.1) is 0 Å². The van der Waals surface area contributed by atoms with Crippen LogP contribution in [0.3, 0.4) is 0 Å². The SMILES string of the molecule is NP(O)O.O=C(O)CCC(=O)O. The molecular formula is C4H10NO6P. The summed E-state index contributed by atoms with van der Waals surface area (Å²) in [7, 11) is -2.12. The summed E-state index contributed by atoms with van der Waals surface area (Å²) in [5.74, 6) is -2.15. The van der Waals surface area contributed by atoms with Crippen LogP contribution < -0.4 is 5.50 Å². The Balaban J connectivity index is 0. The van der Waals surface area contributed by atoms with Gasteiger partial charge in [0.2, 0.25) is 8.53 Å². The van der Waals surface area contributed by atoms with Gasteiger partial charge in [0.1, 0.15) is 0 Å². The maximum absolute atomic E-state index is 9.64. The highest BCUT2D eigenvalue weighted by Crippen LogP contribution is 2.05. The normalized spacial score (nSPS) is 8.67. The van der Waals surface area contributed by atoms with Crippen molar-refractivity contribution in [3.8, 4) is 0 Å². The fourth-order valence-corrected chi connectivity index (χ4v) is 0.214. The Hall–Kier alpha value is -0.750. The van der Waals surface area contributed by atoms with Crippen LogP contribution >= 0.6 is 8.53 Å². The maximum atomic E-state index is 9.64. The Morgan fingerprint density at radius 2 is 1.25 bits per heavy atom. The van der Waals surface area contributed by atoms with Crippen LogP contribution in [0.4, 0.5) is 0 Å². The number of carboxylic acids is 2. The molecule has 6 N–H and O–H groups in total. The van der Waals surface area contributed by atoms with Crippen molar-refractivity contribution in [2.45, 2.75) is 12.8 Å². The summed E-state index contributed by atoms with van der Waals surface area (Å²) < 4.78 is 0. The van der Waals surface area contributed by atoms with Crippen molar-refractivity contribution >= 4 is 20.5 Å². The van der Waals surface area contributed by atoms with Crippen molar-refractivity contribution < 1.29 is 29.6 Å². The first-order valence-corrected chi connectivity index (χ1v) is 4.04. The van der Waals surface area contributed by atoms with E-state index in [1.807, 2.05) is 0 Å². The summed E-state index contributed by atoms with van der Waals surface area (Å²) in [5, 5.41) is 15.8. The third-order valence-corrected chi connectivity index (χ3v) is 0.553. The molecule has 8 heteroatoms. The van der Waals surface area contributed by atoms with Gasteiger partial charge < -0.3 is 20.0 Å². The second-order valence-electron chi connectivity index (χ2n) is 1.61. The highest BCUT2D eigenvalue weighted by molar-refractivity contribution is 7.42. The molecule has 0 amide bonds. The zero-order valence-electron chi connectivity index (χ0n) is 6.04. The zero-order chi connectivity index (χ0) is 10.1. The topological polar surface area (TPSA) is 141 Å². The average Bonchev–Trinajstić information content (AvgIpc) is 1.82. The van der Waals surface area contributed by atoms with Gasteiger partial charge in [-0.25, -0.2) is 0 Å². The second-order valence-corrected chi connectivity index (χ2v) is 2.25. The van der Waals surface area contributed by atoms with Gasteiger partial charge in [-0.15, -0.1) is 0 Å². The molecule has 0 spiro atoms. The van der Waals surface area contributed by atoms with Crippen molar-refractivity contribution in [3.05, 3.63) is 0 Å². The third kappa shape index (κ3) is 34.9. The number of hydrogen-bond donors (Lipinski definition) is 5. The van der Waals surface area contributed by atoms with E-state index in [9.17, 15) is 9.59 Å². The number of nitrogens with two attached hydrogens (primary N) is 1. The monoisotopic (exact) mass is 199 g/mol. The van der Waals surface area contributed by atoms with Crippen molar-refractivity contribution in [1.29, 1.82) is 0 Å². The van der Waals surface area contributed by atoms with E-state index >= 15 is 0 Å². The van der Waals surface area contributed by atoms with Gasteiger partial charge in [-0.3, -0.25) is 15.1 Å². The molecule has 0 aliphatic heterocycles. The summed E-state index contributed by atoms with van der Waals surface area (Å²) in [6, 6.07) is 0. The van der Waals surface area contributed by atoms with Gasteiger partial charge in [0.05, 0.1) is 12.8 Å². The van der Waals surface area contributed by atoms with Gasteiger partial charge in [0.25, 0.3) is 0 Å². The summed E-state index contributed by atoms with van der Waals surface area (Å²) in [5.41, 5.74) is 4.29. The number of carbonyl (C=O) groups is 2. The van der Waals surface area contributed by atoms with Crippen LogP contribution in [-0.2, 0) is 9.59 Å². The lowest BCUT2D eigenvalue weighted by Crippen LogP contribution is -2.00. The molecule has 0 aromatic carbocycles. The lowest BCUT2D eigenvalue weighted by atomic mass is 10.3. The quantitative estimate of drug-likeness (QED) is 0.370. The van der Waals surface area contributed by atoms with Gasteiger partial charge in [0, 0.05) is 0 Å². The Morgan fingerprint density at radius 3 is 1.33 bits per heavy atom. The molecule has 0 fully saturated rings. The van der Waals surface area contributed by atoms with Gasteiger partial charge in [-0.05, 0) is 0 Å². The van der Waals surface area contributed by atoms with Crippen molar-refractivity contribution in [3.63, 3.8) is 0 Å². The predicted molar refractivity (Wildman–Crippen MR) is 40.1 cm³/mol. The van der Waals surface area contributed by atoms with Crippen molar-refractivity contribution in [1.82, 2.24) is 0 Å². The van der Waals surface area contributed by atoms with Crippen LogP contribution in [0.5, 0.6) is 0 Å². The minimum Gasteiger partial charge on any atom is -0.481 e. The molecule has 0 radical (unpaired) electrons. The molecule has 0 aromatic heterocycles. The molecule has 72 valence electrons. The second kappa shape index (κ2) is 8.35. The summed E-state index contributed by atoms with van der Waals surface area (Å²) in [4.78, 5) is 34.2. The smallest absolute Gasteiger partial charge is 0.303 e. The van der Waals surface area contributed by atoms with Crippen LogP contribution in [0.15, 0.2) is 0 Å². The molecular weight excluding hydrogens is 189 g/mol. The first kappa shape index (κ1) is 13.8. The largest absolute Gasteiger partial charge is 0.481 e.